The van der Waals surface area contributed by atoms with Crippen LogP contribution in [0.15, 0.2) is 42.5 Å². The third kappa shape index (κ3) is 4.50. The van der Waals surface area contributed by atoms with Gasteiger partial charge in [0.1, 0.15) is 0 Å². The van der Waals surface area contributed by atoms with Crippen molar-refractivity contribution in [1.82, 2.24) is 4.90 Å². The van der Waals surface area contributed by atoms with E-state index in [0.717, 1.165) is 0 Å². The Kier molecular flexibility index (Phi) is 6.00. The van der Waals surface area contributed by atoms with E-state index in [0.29, 0.717) is 28.3 Å². The fourth-order valence-electron chi connectivity index (χ4n) is 2.31. The molecule has 0 spiro atoms. The van der Waals surface area contributed by atoms with E-state index >= 15 is 0 Å². The molecule has 132 valence electrons. The number of carbonyl (C=O) groups is 2. The Morgan fingerprint density at radius 1 is 1.04 bits per heavy atom. The monoisotopic (exact) mass is 342 g/mol. The summed E-state index contributed by atoms with van der Waals surface area (Å²) in [5.41, 5.74) is 1.85. The first-order chi connectivity index (χ1) is 11.9. The lowest BCUT2D eigenvalue weighted by Crippen LogP contribution is -2.24. The standard InChI is InChI=1S/C19H22N2O4/c1-13-14(19(23)21(2)3)8-7-9-15(13)20-18(22)12-25-17-11-6-5-10-16(17)24-4/h5-11H,12H2,1-4H3,(H,20,22). The van der Waals surface area contributed by atoms with E-state index in [-0.39, 0.29) is 18.4 Å². The number of para-hydroxylation sites is 2. The third-order valence-corrected chi connectivity index (χ3v) is 3.67. The second-order valence-electron chi connectivity index (χ2n) is 5.67. The average molecular weight is 342 g/mol. The summed E-state index contributed by atoms with van der Waals surface area (Å²) in [6.45, 7) is 1.64. The number of nitrogens with zero attached hydrogens (tertiary/aromatic N) is 1. The normalized spacial score (nSPS) is 10.1. The Bertz CT molecular complexity index is 772. The first kappa shape index (κ1) is 18.3. The molecule has 0 aromatic heterocycles. The molecule has 1 N–H and O–H groups in total. The number of hydrogen-bond donors (Lipinski definition) is 1. The molecule has 0 atom stereocenters. The number of anilines is 1. The van der Waals surface area contributed by atoms with E-state index in [9.17, 15) is 9.59 Å². The zero-order chi connectivity index (χ0) is 18.4. The summed E-state index contributed by atoms with van der Waals surface area (Å²) >= 11 is 0. The Labute approximate surface area is 147 Å². The molecule has 0 saturated carbocycles. The van der Waals surface area contributed by atoms with Gasteiger partial charge in [0.05, 0.1) is 7.11 Å². The van der Waals surface area contributed by atoms with Gasteiger partial charge in [0, 0.05) is 25.3 Å². The number of hydrogen-bond acceptors (Lipinski definition) is 4. The van der Waals surface area contributed by atoms with E-state index in [1.165, 1.54) is 4.90 Å². The molecule has 2 aromatic carbocycles. The number of nitrogens with one attached hydrogen (secondary N) is 1. The molecule has 0 aliphatic rings. The predicted octanol–water partition coefficient (Wildman–Crippen LogP) is 2.72. The van der Waals surface area contributed by atoms with Crippen LogP contribution in [-0.2, 0) is 4.79 Å². The summed E-state index contributed by atoms with van der Waals surface area (Å²) in [6, 6.07) is 12.3. The molecule has 25 heavy (non-hydrogen) atoms. The number of carbonyl (C=O) groups excluding carboxylic acids is 2. The lowest BCUT2D eigenvalue weighted by Gasteiger charge is -2.16. The Morgan fingerprint density at radius 2 is 1.72 bits per heavy atom. The minimum absolute atomic E-state index is 0.112. The van der Waals surface area contributed by atoms with Crippen LogP contribution in [0.4, 0.5) is 5.69 Å². The topological polar surface area (TPSA) is 67.9 Å². The molecule has 0 unspecified atom stereocenters. The molecule has 0 saturated heterocycles. The maximum absolute atomic E-state index is 12.2. The van der Waals surface area contributed by atoms with Gasteiger partial charge >= 0.3 is 0 Å². The number of ether oxygens (including phenoxy) is 2. The van der Waals surface area contributed by atoms with Crippen molar-refractivity contribution in [1.29, 1.82) is 0 Å². The molecule has 6 nitrogen and oxygen atoms in total. The van der Waals surface area contributed by atoms with E-state index in [4.69, 9.17) is 9.47 Å². The zero-order valence-corrected chi connectivity index (χ0v) is 14.8. The number of amides is 2. The predicted molar refractivity (Wildman–Crippen MR) is 96.3 cm³/mol. The van der Waals surface area contributed by atoms with E-state index in [1.807, 2.05) is 6.07 Å². The molecule has 2 amide bonds. The van der Waals surface area contributed by atoms with E-state index in [1.54, 1.807) is 64.5 Å². The maximum Gasteiger partial charge on any atom is 0.262 e. The van der Waals surface area contributed by atoms with Crippen molar-refractivity contribution in [2.75, 3.05) is 33.1 Å². The van der Waals surface area contributed by atoms with Crippen LogP contribution in [0.25, 0.3) is 0 Å². The zero-order valence-electron chi connectivity index (χ0n) is 14.8. The number of benzene rings is 2. The molecule has 0 aliphatic heterocycles. The Morgan fingerprint density at radius 3 is 2.36 bits per heavy atom. The summed E-state index contributed by atoms with van der Waals surface area (Å²) in [5, 5.41) is 2.78. The van der Waals surface area contributed by atoms with Crippen molar-refractivity contribution < 1.29 is 19.1 Å². The maximum atomic E-state index is 12.2. The Balaban J connectivity index is 2.06. The van der Waals surface area contributed by atoms with E-state index < -0.39 is 0 Å². The molecular weight excluding hydrogens is 320 g/mol. The summed E-state index contributed by atoms with van der Waals surface area (Å²) in [7, 11) is 4.92. The largest absolute Gasteiger partial charge is 0.493 e. The van der Waals surface area contributed by atoms with Gasteiger partial charge in [0.2, 0.25) is 0 Å². The second-order valence-corrected chi connectivity index (χ2v) is 5.67. The van der Waals surface area contributed by atoms with Crippen molar-refractivity contribution in [2.24, 2.45) is 0 Å². The summed E-state index contributed by atoms with van der Waals surface area (Å²) in [6.07, 6.45) is 0. The van der Waals surface area contributed by atoms with Crippen LogP contribution in [0, 0.1) is 6.92 Å². The fourth-order valence-corrected chi connectivity index (χ4v) is 2.31. The van der Waals surface area contributed by atoms with Crippen molar-refractivity contribution >= 4 is 17.5 Å². The van der Waals surface area contributed by atoms with Crippen LogP contribution in [0.3, 0.4) is 0 Å². The van der Waals surface area contributed by atoms with Gasteiger partial charge in [-0.25, -0.2) is 0 Å². The Hall–Kier alpha value is -3.02. The summed E-state index contributed by atoms with van der Waals surface area (Å²) in [5.74, 6) is 0.626. The molecule has 0 fully saturated rings. The lowest BCUT2D eigenvalue weighted by molar-refractivity contribution is -0.118. The van der Waals surface area contributed by atoms with Gasteiger partial charge in [-0.2, -0.15) is 0 Å². The highest BCUT2D eigenvalue weighted by molar-refractivity contribution is 5.99. The number of methoxy groups -OCH3 is 1. The van der Waals surface area contributed by atoms with Gasteiger partial charge in [-0.15, -0.1) is 0 Å². The minimum atomic E-state index is -0.316. The lowest BCUT2D eigenvalue weighted by atomic mass is 10.1. The van der Waals surface area contributed by atoms with Crippen molar-refractivity contribution in [2.45, 2.75) is 6.92 Å². The van der Waals surface area contributed by atoms with Crippen molar-refractivity contribution in [3.05, 3.63) is 53.6 Å². The third-order valence-electron chi connectivity index (χ3n) is 3.67. The van der Waals surface area contributed by atoms with Crippen LogP contribution in [0.1, 0.15) is 15.9 Å². The molecule has 0 bridgehead atoms. The van der Waals surface area contributed by atoms with E-state index in [2.05, 4.69) is 5.32 Å². The summed E-state index contributed by atoms with van der Waals surface area (Å²) < 4.78 is 10.7. The van der Waals surface area contributed by atoms with Crippen LogP contribution >= 0.6 is 0 Å². The van der Waals surface area contributed by atoms with Gasteiger partial charge in [-0.3, -0.25) is 9.59 Å². The smallest absolute Gasteiger partial charge is 0.262 e. The molecular formula is C19H22N2O4. The SMILES string of the molecule is COc1ccccc1OCC(=O)Nc1cccc(C(=O)N(C)C)c1C. The summed E-state index contributed by atoms with van der Waals surface area (Å²) in [4.78, 5) is 25.8. The van der Waals surface area contributed by atoms with Gasteiger partial charge in [-0.05, 0) is 36.8 Å². The quantitative estimate of drug-likeness (QED) is 0.876. The van der Waals surface area contributed by atoms with Gasteiger partial charge in [0.15, 0.2) is 18.1 Å². The molecule has 0 heterocycles. The van der Waals surface area contributed by atoms with Crippen molar-refractivity contribution in [3.8, 4) is 11.5 Å². The first-order valence-electron chi connectivity index (χ1n) is 7.81. The second kappa shape index (κ2) is 8.19. The van der Waals surface area contributed by atoms with Crippen LogP contribution < -0.4 is 14.8 Å². The highest BCUT2D eigenvalue weighted by Crippen LogP contribution is 2.26. The van der Waals surface area contributed by atoms with Gasteiger partial charge in [0.25, 0.3) is 11.8 Å². The van der Waals surface area contributed by atoms with Gasteiger partial charge in [-0.1, -0.05) is 18.2 Å². The van der Waals surface area contributed by atoms with Crippen LogP contribution in [-0.4, -0.2) is 44.5 Å². The fraction of sp³-hybridized carbons (Fsp3) is 0.263. The highest BCUT2D eigenvalue weighted by atomic mass is 16.5. The molecule has 0 aliphatic carbocycles. The van der Waals surface area contributed by atoms with Crippen LogP contribution in [0.5, 0.6) is 11.5 Å². The molecule has 2 aromatic rings. The highest BCUT2D eigenvalue weighted by Gasteiger charge is 2.15. The average Bonchev–Trinajstić information content (AvgIpc) is 2.61. The molecule has 2 rings (SSSR count). The molecule has 6 heteroatoms. The van der Waals surface area contributed by atoms with Crippen molar-refractivity contribution in [3.63, 3.8) is 0 Å². The number of rotatable bonds is 6. The van der Waals surface area contributed by atoms with Crippen LogP contribution in [0.2, 0.25) is 0 Å². The van der Waals surface area contributed by atoms with Gasteiger partial charge < -0.3 is 19.7 Å². The minimum Gasteiger partial charge on any atom is -0.493 e. The molecule has 0 radical (unpaired) electrons. The first-order valence-corrected chi connectivity index (χ1v) is 7.81.